The Hall–Kier alpha value is -3.42. The minimum atomic E-state index is -0.657. The number of nitro benzene ring substituents is 1. The molecule has 2 aromatic carbocycles. The summed E-state index contributed by atoms with van der Waals surface area (Å²) in [6, 6.07) is 10.9. The van der Waals surface area contributed by atoms with Gasteiger partial charge < -0.3 is 14.2 Å². The quantitative estimate of drug-likeness (QED) is 0.300. The van der Waals surface area contributed by atoms with Crippen molar-refractivity contribution in [1.82, 2.24) is 0 Å². The molecular weight excluding hydrogens is 378 g/mol. The van der Waals surface area contributed by atoms with E-state index in [4.69, 9.17) is 14.2 Å². The van der Waals surface area contributed by atoms with E-state index >= 15 is 0 Å². The summed E-state index contributed by atoms with van der Waals surface area (Å²) < 4.78 is 16.4. The zero-order valence-corrected chi connectivity index (χ0v) is 16.0. The Morgan fingerprint density at radius 3 is 2.62 bits per heavy atom. The van der Waals surface area contributed by atoms with Crippen molar-refractivity contribution in [2.75, 3.05) is 13.2 Å². The molecule has 1 aliphatic heterocycles. The Bertz CT molecular complexity index is 925. The number of hydrogen-bond donors (Lipinski definition) is 0. The van der Waals surface area contributed by atoms with Crippen LogP contribution in [0.2, 0.25) is 0 Å². The van der Waals surface area contributed by atoms with Gasteiger partial charge in [0.2, 0.25) is 0 Å². The molecule has 1 aliphatic rings. The minimum Gasteiger partial charge on any atom is -0.490 e. The number of nitro groups is 1. The molecule has 0 unspecified atom stereocenters. The molecule has 2 aromatic rings. The second-order valence-electron chi connectivity index (χ2n) is 6.62. The highest BCUT2D eigenvalue weighted by Crippen LogP contribution is 2.31. The number of ether oxygens (including phenoxy) is 3. The van der Waals surface area contributed by atoms with Gasteiger partial charge in [0.15, 0.2) is 17.3 Å². The average molecular weight is 399 g/mol. The lowest BCUT2D eigenvalue weighted by molar-refractivity contribution is -0.385. The molecule has 0 N–H and O–H groups in total. The van der Waals surface area contributed by atoms with Crippen LogP contribution in [0.1, 0.15) is 48.2 Å². The summed E-state index contributed by atoms with van der Waals surface area (Å²) in [5.41, 5.74) is 0.880. The van der Waals surface area contributed by atoms with Crippen molar-refractivity contribution in [3.8, 4) is 11.5 Å². The highest BCUT2D eigenvalue weighted by atomic mass is 16.6. The van der Waals surface area contributed by atoms with E-state index in [1.54, 1.807) is 31.2 Å². The lowest BCUT2D eigenvalue weighted by Gasteiger charge is -2.13. The zero-order chi connectivity index (χ0) is 20.8. The van der Waals surface area contributed by atoms with Crippen molar-refractivity contribution in [1.29, 1.82) is 0 Å². The van der Waals surface area contributed by atoms with Crippen molar-refractivity contribution < 1.29 is 28.7 Å². The maximum Gasteiger partial charge on any atom is 0.306 e. The Labute approximate surface area is 167 Å². The van der Waals surface area contributed by atoms with Gasteiger partial charge in [-0.2, -0.15) is 0 Å². The number of fused-ring (bicyclic) bond motifs is 1. The molecule has 0 saturated heterocycles. The first-order chi connectivity index (χ1) is 13.9. The van der Waals surface area contributed by atoms with Crippen LogP contribution in [0.15, 0.2) is 42.5 Å². The Morgan fingerprint density at radius 1 is 1.10 bits per heavy atom. The first-order valence-electron chi connectivity index (χ1n) is 9.30. The smallest absolute Gasteiger partial charge is 0.306 e. The number of rotatable bonds is 7. The molecule has 3 rings (SSSR count). The summed E-state index contributed by atoms with van der Waals surface area (Å²) >= 11 is 0. The number of ketones is 1. The number of hydrogen-bond acceptors (Lipinski definition) is 7. The SMILES string of the molecule is C[C@@H](OC(=O)CCC(=O)c1ccc2c(c1)OCCCO2)c1cccc([N+](=O)[O-])c1. The predicted molar refractivity (Wildman–Crippen MR) is 103 cm³/mol. The number of esters is 1. The van der Waals surface area contributed by atoms with Crippen LogP contribution in [0, 0.1) is 10.1 Å². The van der Waals surface area contributed by atoms with Gasteiger partial charge in [0.1, 0.15) is 6.10 Å². The molecule has 0 radical (unpaired) electrons. The zero-order valence-electron chi connectivity index (χ0n) is 16.0. The molecule has 0 bridgehead atoms. The molecule has 1 heterocycles. The third-order valence-corrected chi connectivity index (χ3v) is 4.48. The largest absolute Gasteiger partial charge is 0.490 e. The molecule has 0 saturated carbocycles. The molecular formula is C21H21NO7. The van der Waals surface area contributed by atoms with Crippen LogP contribution in [0.4, 0.5) is 5.69 Å². The molecule has 0 aliphatic carbocycles. The summed E-state index contributed by atoms with van der Waals surface area (Å²) in [7, 11) is 0. The first kappa shape index (κ1) is 20.3. The molecule has 0 fully saturated rings. The molecule has 8 heteroatoms. The van der Waals surface area contributed by atoms with E-state index < -0.39 is 17.0 Å². The van der Waals surface area contributed by atoms with Crippen molar-refractivity contribution in [2.45, 2.75) is 32.3 Å². The Morgan fingerprint density at radius 2 is 1.86 bits per heavy atom. The normalized spacial score (nSPS) is 13.8. The van der Waals surface area contributed by atoms with Gasteiger partial charge in [-0.25, -0.2) is 0 Å². The summed E-state index contributed by atoms with van der Waals surface area (Å²) in [5.74, 6) is 0.367. The van der Waals surface area contributed by atoms with Crippen LogP contribution in [0.5, 0.6) is 11.5 Å². The van der Waals surface area contributed by atoms with Gasteiger partial charge in [-0.3, -0.25) is 19.7 Å². The monoisotopic (exact) mass is 399 g/mol. The van der Waals surface area contributed by atoms with Crippen molar-refractivity contribution in [3.63, 3.8) is 0 Å². The minimum absolute atomic E-state index is 0.0138. The van der Waals surface area contributed by atoms with Gasteiger partial charge >= 0.3 is 5.97 Å². The summed E-state index contributed by atoms with van der Waals surface area (Å²) in [6.45, 7) is 2.71. The lowest BCUT2D eigenvalue weighted by atomic mass is 10.1. The van der Waals surface area contributed by atoms with Crippen LogP contribution >= 0.6 is 0 Å². The molecule has 0 aromatic heterocycles. The van der Waals surface area contributed by atoms with Gasteiger partial charge in [-0.1, -0.05) is 12.1 Å². The third-order valence-electron chi connectivity index (χ3n) is 4.48. The summed E-state index contributed by atoms with van der Waals surface area (Å²) in [6.07, 6.45) is 0.00900. The van der Waals surface area contributed by atoms with E-state index in [-0.39, 0.29) is 24.3 Å². The predicted octanol–water partition coefficient (Wildman–Crippen LogP) is 4.02. The van der Waals surface area contributed by atoms with Crippen LogP contribution in [0.25, 0.3) is 0 Å². The van der Waals surface area contributed by atoms with Crippen molar-refractivity contribution in [3.05, 3.63) is 63.7 Å². The van der Waals surface area contributed by atoms with Crippen molar-refractivity contribution >= 4 is 17.4 Å². The van der Waals surface area contributed by atoms with Crippen molar-refractivity contribution in [2.24, 2.45) is 0 Å². The molecule has 0 amide bonds. The number of carbonyl (C=O) groups excluding carboxylic acids is 2. The summed E-state index contributed by atoms with van der Waals surface area (Å²) in [5, 5.41) is 10.9. The Balaban J connectivity index is 1.55. The van der Waals surface area contributed by atoms with E-state index in [0.29, 0.717) is 35.8 Å². The third kappa shape index (κ3) is 5.31. The maximum absolute atomic E-state index is 12.4. The van der Waals surface area contributed by atoms with Crippen LogP contribution in [-0.2, 0) is 9.53 Å². The number of benzene rings is 2. The molecule has 29 heavy (non-hydrogen) atoms. The van der Waals surface area contributed by atoms with E-state index in [1.807, 2.05) is 0 Å². The van der Waals surface area contributed by atoms with Crippen LogP contribution in [0.3, 0.4) is 0 Å². The molecule has 152 valence electrons. The van der Waals surface area contributed by atoms with Crippen LogP contribution < -0.4 is 9.47 Å². The van der Waals surface area contributed by atoms with E-state index in [1.165, 1.54) is 18.2 Å². The van der Waals surface area contributed by atoms with Gasteiger partial charge in [0, 0.05) is 30.5 Å². The topological polar surface area (TPSA) is 105 Å². The highest BCUT2D eigenvalue weighted by molar-refractivity contribution is 5.98. The number of carbonyl (C=O) groups is 2. The highest BCUT2D eigenvalue weighted by Gasteiger charge is 2.18. The Kier molecular flexibility index (Phi) is 6.43. The second kappa shape index (κ2) is 9.18. The number of nitrogens with zero attached hydrogens (tertiary/aromatic N) is 1. The van der Waals surface area contributed by atoms with Gasteiger partial charge in [-0.15, -0.1) is 0 Å². The van der Waals surface area contributed by atoms with Gasteiger partial charge in [0.25, 0.3) is 5.69 Å². The second-order valence-corrected chi connectivity index (χ2v) is 6.62. The fraction of sp³-hybridized carbons (Fsp3) is 0.333. The first-order valence-corrected chi connectivity index (χ1v) is 9.30. The number of Topliss-reactive ketones (excluding diaryl/α,β-unsaturated/α-hetero) is 1. The van der Waals surface area contributed by atoms with Gasteiger partial charge in [0.05, 0.1) is 24.6 Å². The van der Waals surface area contributed by atoms with Gasteiger partial charge in [-0.05, 0) is 30.7 Å². The molecule has 0 spiro atoms. The fourth-order valence-electron chi connectivity index (χ4n) is 2.91. The lowest BCUT2D eigenvalue weighted by Crippen LogP contribution is -2.11. The average Bonchev–Trinajstić information content (AvgIpc) is 2.96. The standard InChI is InChI=1S/C21H21NO7/c1-14(15-4-2-5-17(12-15)22(25)26)29-21(24)9-7-18(23)16-6-8-19-20(13-16)28-11-3-10-27-19/h2,4-6,8,12-14H,3,7,9-11H2,1H3/t14-/m1/s1. The van der Waals surface area contributed by atoms with E-state index in [2.05, 4.69) is 0 Å². The number of non-ortho nitro benzene ring substituents is 1. The molecule has 8 nitrogen and oxygen atoms in total. The van der Waals surface area contributed by atoms with E-state index in [9.17, 15) is 19.7 Å². The summed E-state index contributed by atoms with van der Waals surface area (Å²) in [4.78, 5) is 34.9. The van der Waals surface area contributed by atoms with Crippen LogP contribution in [-0.4, -0.2) is 29.9 Å². The molecule has 1 atom stereocenters. The fourth-order valence-corrected chi connectivity index (χ4v) is 2.91. The maximum atomic E-state index is 12.4. The van der Waals surface area contributed by atoms with E-state index in [0.717, 1.165) is 6.42 Å².